The predicted molar refractivity (Wildman–Crippen MR) is 51.1 cm³/mol. The molecular weight excluding hydrogens is 168 g/mol. The summed E-state index contributed by atoms with van der Waals surface area (Å²) < 4.78 is 0.939. The minimum absolute atomic E-state index is 0.438. The van der Waals surface area contributed by atoms with Gasteiger partial charge in [-0.25, -0.2) is 4.79 Å². The van der Waals surface area contributed by atoms with Crippen LogP contribution in [0.4, 0.5) is 0 Å². The van der Waals surface area contributed by atoms with Crippen LogP contribution in [0.15, 0.2) is 0 Å². The topological polar surface area (TPSA) is 64.9 Å². The van der Waals surface area contributed by atoms with Crippen molar-refractivity contribution in [3.05, 3.63) is 0 Å². The largest absolute Gasteiger partial charge is 0.477 e. The Kier molecular flexibility index (Phi) is 4.95. The van der Waals surface area contributed by atoms with E-state index in [9.17, 15) is 4.79 Å². The molecular formula is C9H22N2O2+2. The van der Waals surface area contributed by atoms with E-state index in [4.69, 9.17) is 5.11 Å². The van der Waals surface area contributed by atoms with Gasteiger partial charge in [0.05, 0.1) is 27.7 Å². The van der Waals surface area contributed by atoms with E-state index in [-0.39, 0.29) is 0 Å². The van der Waals surface area contributed by atoms with E-state index >= 15 is 0 Å². The maximum atomic E-state index is 10.4. The van der Waals surface area contributed by atoms with Crippen molar-refractivity contribution in [3.63, 3.8) is 0 Å². The summed E-state index contributed by atoms with van der Waals surface area (Å²) in [4.78, 5) is 10.4. The molecule has 4 heteroatoms. The van der Waals surface area contributed by atoms with Gasteiger partial charge in [-0.15, -0.1) is 0 Å². The highest BCUT2D eigenvalue weighted by Gasteiger charge is 2.15. The van der Waals surface area contributed by atoms with Crippen LogP contribution in [0.25, 0.3) is 0 Å². The van der Waals surface area contributed by atoms with Gasteiger partial charge in [0.2, 0.25) is 0 Å². The highest BCUT2D eigenvalue weighted by atomic mass is 16.4. The lowest BCUT2D eigenvalue weighted by molar-refractivity contribution is -0.870. The molecule has 4 nitrogen and oxygen atoms in total. The first-order valence-corrected chi connectivity index (χ1v) is 4.69. The van der Waals surface area contributed by atoms with Crippen LogP contribution >= 0.6 is 0 Å². The van der Waals surface area contributed by atoms with Gasteiger partial charge in [0.1, 0.15) is 0 Å². The maximum Gasteiger partial charge on any atom is 0.362 e. The Morgan fingerprint density at radius 1 is 1.38 bits per heavy atom. The Morgan fingerprint density at radius 2 is 1.92 bits per heavy atom. The molecule has 0 spiro atoms. The van der Waals surface area contributed by atoms with Crippen molar-refractivity contribution in [1.29, 1.82) is 0 Å². The molecule has 0 aliphatic rings. The average molecular weight is 190 g/mol. The lowest BCUT2D eigenvalue weighted by atomic mass is 10.1. The average Bonchev–Trinajstić information content (AvgIpc) is 1.95. The Bertz CT molecular complexity index is 163. The van der Waals surface area contributed by atoms with E-state index in [1.54, 1.807) is 0 Å². The molecule has 0 unspecified atom stereocenters. The van der Waals surface area contributed by atoms with Crippen molar-refractivity contribution in [2.45, 2.75) is 25.3 Å². The monoisotopic (exact) mass is 190 g/mol. The van der Waals surface area contributed by atoms with E-state index < -0.39 is 12.0 Å². The zero-order valence-electron chi connectivity index (χ0n) is 8.92. The number of carboxylic acid groups (broad SMARTS) is 1. The smallest absolute Gasteiger partial charge is 0.362 e. The summed E-state index contributed by atoms with van der Waals surface area (Å²) in [5.41, 5.74) is 3.57. The van der Waals surface area contributed by atoms with Crippen LogP contribution in [0.3, 0.4) is 0 Å². The third kappa shape index (κ3) is 7.74. The summed E-state index contributed by atoms with van der Waals surface area (Å²) in [5, 5.41) is 8.57. The fraction of sp³-hybridized carbons (Fsp3) is 0.889. The molecule has 0 saturated carbocycles. The molecule has 0 radical (unpaired) electrons. The highest BCUT2D eigenvalue weighted by molar-refractivity contribution is 5.71. The fourth-order valence-corrected chi connectivity index (χ4v) is 1.10. The molecule has 0 aromatic carbocycles. The first-order valence-electron chi connectivity index (χ1n) is 4.69. The molecule has 1 atom stereocenters. The number of hydrogen-bond acceptors (Lipinski definition) is 1. The normalized spacial score (nSPS) is 14.2. The van der Waals surface area contributed by atoms with Crippen molar-refractivity contribution < 1.29 is 20.1 Å². The van der Waals surface area contributed by atoms with Crippen LogP contribution < -0.4 is 5.73 Å². The van der Waals surface area contributed by atoms with E-state index in [2.05, 4.69) is 26.9 Å². The number of unbranched alkanes of at least 4 members (excludes halogenated alkanes) is 1. The van der Waals surface area contributed by atoms with Gasteiger partial charge in [-0.3, -0.25) is 0 Å². The number of hydrogen-bond donors (Lipinski definition) is 2. The lowest BCUT2D eigenvalue weighted by Gasteiger charge is -2.23. The number of nitrogens with zero attached hydrogens (tertiary/aromatic N) is 1. The molecule has 0 fully saturated rings. The molecule has 0 aromatic heterocycles. The summed E-state index contributed by atoms with van der Waals surface area (Å²) in [7, 11) is 6.41. The van der Waals surface area contributed by atoms with Crippen LogP contribution in [-0.4, -0.2) is 49.3 Å². The highest BCUT2D eigenvalue weighted by Crippen LogP contribution is 2.01. The second kappa shape index (κ2) is 5.19. The van der Waals surface area contributed by atoms with Gasteiger partial charge < -0.3 is 15.3 Å². The third-order valence-corrected chi connectivity index (χ3v) is 1.98. The predicted octanol–water partition coefficient (Wildman–Crippen LogP) is -0.442. The van der Waals surface area contributed by atoms with Crippen LogP contribution in [0.1, 0.15) is 19.3 Å². The molecule has 78 valence electrons. The first kappa shape index (κ1) is 12.4. The molecule has 0 aliphatic carbocycles. The summed E-state index contributed by atoms with van der Waals surface area (Å²) >= 11 is 0. The van der Waals surface area contributed by atoms with Crippen LogP contribution in [0.2, 0.25) is 0 Å². The number of carbonyl (C=O) groups is 1. The summed E-state index contributed by atoms with van der Waals surface area (Å²) in [5.74, 6) is -0.787. The van der Waals surface area contributed by atoms with Crippen LogP contribution in [0, 0.1) is 0 Å². The SMILES string of the molecule is C[N+](C)(C)CCCC[C@H]([NH3+])C(=O)O. The van der Waals surface area contributed by atoms with E-state index in [0.29, 0.717) is 6.42 Å². The number of carboxylic acids is 1. The lowest BCUT2D eigenvalue weighted by Crippen LogP contribution is -2.64. The number of aliphatic carboxylic acids is 1. The van der Waals surface area contributed by atoms with Crippen molar-refractivity contribution in [2.75, 3.05) is 27.7 Å². The molecule has 0 saturated heterocycles. The Morgan fingerprint density at radius 3 is 2.31 bits per heavy atom. The summed E-state index contributed by atoms with van der Waals surface area (Å²) in [6.45, 7) is 1.09. The molecule has 0 bridgehead atoms. The number of rotatable bonds is 6. The van der Waals surface area contributed by atoms with E-state index in [1.807, 2.05) is 0 Å². The first-order chi connectivity index (χ1) is 5.83. The standard InChI is InChI=1S/C9H20N2O2/c1-11(2,3)7-5-4-6-8(10)9(12)13/h8H,4-7,10H2,1-3H3/p+2/t8-/m0/s1. The zero-order valence-corrected chi connectivity index (χ0v) is 8.92. The van der Waals surface area contributed by atoms with E-state index in [1.165, 1.54) is 0 Å². The molecule has 0 heterocycles. The third-order valence-electron chi connectivity index (χ3n) is 1.98. The van der Waals surface area contributed by atoms with Crippen LogP contribution in [0.5, 0.6) is 0 Å². The van der Waals surface area contributed by atoms with Crippen molar-refractivity contribution in [2.24, 2.45) is 0 Å². The summed E-state index contributed by atoms with van der Waals surface area (Å²) in [6, 6.07) is -0.438. The Labute approximate surface area is 79.9 Å². The zero-order chi connectivity index (χ0) is 10.5. The van der Waals surface area contributed by atoms with Gasteiger partial charge >= 0.3 is 5.97 Å². The number of quaternary nitrogens is 2. The molecule has 0 rings (SSSR count). The minimum atomic E-state index is -0.787. The van der Waals surface area contributed by atoms with Crippen molar-refractivity contribution in [3.8, 4) is 0 Å². The molecule has 4 N–H and O–H groups in total. The minimum Gasteiger partial charge on any atom is -0.477 e. The van der Waals surface area contributed by atoms with Crippen molar-refractivity contribution in [1.82, 2.24) is 0 Å². The van der Waals surface area contributed by atoms with Gasteiger partial charge in [-0.1, -0.05) is 0 Å². The Balaban J connectivity index is 3.41. The molecule has 0 aliphatic heterocycles. The molecule has 0 amide bonds. The quantitative estimate of drug-likeness (QED) is 0.440. The van der Waals surface area contributed by atoms with Gasteiger partial charge in [0.15, 0.2) is 6.04 Å². The fourth-order valence-electron chi connectivity index (χ4n) is 1.10. The summed E-state index contributed by atoms with van der Waals surface area (Å²) in [6.07, 6.45) is 2.72. The second-order valence-electron chi connectivity index (χ2n) is 4.54. The second-order valence-corrected chi connectivity index (χ2v) is 4.54. The molecule has 0 aromatic rings. The van der Waals surface area contributed by atoms with Gasteiger partial charge in [-0.05, 0) is 12.8 Å². The van der Waals surface area contributed by atoms with Crippen molar-refractivity contribution >= 4 is 5.97 Å². The van der Waals surface area contributed by atoms with E-state index in [0.717, 1.165) is 23.9 Å². The van der Waals surface area contributed by atoms with Gasteiger partial charge in [0.25, 0.3) is 0 Å². The molecule has 13 heavy (non-hydrogen) atoms. The van der Waals surface area contributed by atoms with Gasteiger partial charge in [-0.2, -0.15) is 0 Å². The Hall–Kier alpha value is -0.610. The van der Waals surface area contributed by atoms with Crippen LogP contribution in [-0.2, 0) is 4.79 Å². The van der Waals surface area contributed by atoms with Gasteiger partial charge in [0, 0.05) is 6.42 Å². The maximum absolute atomic E-state index is 10.4.